The van der Waals surface area contributed by atoms with Crippen molar-refractivity contribution in [1.82, 2.24) is 5.32 Å². The number of piperidine rings is 1. The minimum Gasteiger partial charge on any atom is -0.478 e. The Bertz CT molecular complexity index is 482. The van der Waals surface area contributed by atoms with E-state index in [-0.39, 0.29) is 11.5 Å². The first kappa shape index (κ1) is 14.5. The van der Waals surface area contributed by atoms with Crippen molar-refractivity contribution < 1.29 is 14.7 Å². The van der Waals surface area contributed by atoms with Gasteiger partial charge < -0.3 is 15.7 Å². The van der Waals surface area contributed by atoms with Crippen molar-refractivity contribution in [2.75, 3.05) is 11.9 Å². The molecule has 5 nitrogen and oxygen atoms in total. The van der Waals surface area contributed by atoms with Gasteiger partial charge in [-0.05, 0) is 37.9 Å². The number of rotatable bonds is 5. The third kappa shape index (κ3) is 4.06. The lowest BCUT2D eigenvalue weighted by Crippen LogP contribution is -2.34. The molecule has 1 amide bonds. The summed E-state index contributed by atoms with van der Waals surface area (Å²) in [5.74, 6) is -1.17. The normalized spacial score (nSPS) is 18.5. The Labute approximate surface area is 118 Å². The molecule has 1 aliphatic heterocycles. The Hall–Kier alpha value is -1.88. The molecule has 1 aromatic carbocycles. The minimum absolute atomic E-state index is 0.122. The number of amides is 1. The zero-order chi connectivity index (χ0) is 14.4. The predicted molar refractivity (Wildman–Crippen MR) is 76.9 cm³/mol. The lowest BCUT2D eigenvalue weighted by molar-refractivity contribution is -0.116. The topological polar surface area (TPSA) is 78.4 Å². The molecule has 0 bridgehead atoms. The Morgan fingerprint density at radius 3 is 2.80 bits per heavy atom. The van der Waals surface area contributed by atoms with Crippen molar-refractivity contribution in [3.63, 3.8) is 0 Å². The van der Waals surface area contributed by atoms with Gasteiger partial charge in [-0.2, -0.15) is 0 Å². The van der Waals surface area contributed by atoms with Crippen molar-refractivity contribution in [2.45, 2.75) is 38.1 Å². The maximum Gasteiger partial charge on any atom is 0.337 e. The van der Waals surface area contributed by atoms with Crippen LogP contribution in [-0.2, 0) is 4.79 Å². The molecule has 0 saturated carbocycles. The smallest absolute Gasteiger partial charge is 0.337 e. The van der Waals surface area contributed by atoms with E-state index in [1.807, 2.05) is 0 Å². The maximum atomic E-state index is 11.9. The molecule has 1 fully saturated rings. The summed E-state index contributed by atoms with van der Waals surface area (Å²) in [5, 5.41) is 15.1. The van der Waals surface area contributed by atoms with Crippen molar-refractivity contribution in [3.05, 3.63) is 29.8 Å². The zero-order valence-electron chi connectivity index (χ0n) is 11.4. The standard InChI is InChI=1S/C15H20N2O3/c18-14(9-8-11-5-3-4-10-16-11)17-13-7-2-1-6-12(13)15(19)20/h1-2,6-7,11,16H,3-5,8-10H2,(H,17,18)(H,19,20). The Kier molecular flexibility index (Phi) is 5.12. The molecule has 20 heavy (non-hydrogen) atoms. The third-order valence-corrected chi connectivity index (χ3v) is 3.56. The van der Waals surface area contributed by atoms with E-state index >= 15 is 0 Å². The average Bonchev–Trinajstić information content (AvgIpc) is 2.46. The van der Waals surface area contributed by atoms with E-state index in [1.54, 1.807) is 18.2 Å². The second kappa shape index (κ2) is 7.05. The molecular formula is C15H20N2O3. The quantitative estimate of drug-likeness (QED) is 0.770. The molecule has 1 heterocycles. The van der Waals surface area contributed by atoms with Gasteiger partial charge in [-0.3, -0.25) is 4.79 Å². The lowest BCUT2D eigenvalue weighted by atomic mass is 10.0. The molecule has 0 aromatic heterocycles. The fourth-order valence-corrected chi connectivity index (χ4v) is 2.47. The highest BCUT2D eigenvalue weighted by Crippen LogP contribution is 2.16. The fraction of sp³-hybridized carbons (Fsp3) is 0.467. The molecule has 5 heteroatoms. The van der Waals surface area contributed by atoms with Gasteiger partial charge in [0.05, 0.1) is 11.3 Å². The van der Waals surface area contributed by atoms with Gasteiger partial charge in [-0.1, -0.05) is 18.6 Å². The summed E-state index contributed by atoms with van der Waals surface area (Å²) < 4.78 is 0. The number of carboxylic acid groups (broad SMARTS) is 1. The summed E-state index contributed by atoms with van der Waals surface area (Å²) in [5.41, 5.74) is 0.484. The van der Waals surface area contributed by atoms with Gasteiger partial charge in [-0.15, -0.1) is 0 Å². The predicted octanol–water partition coefficient (Wildman–Crippen LogP) is 2.25. The zero-order valence-corrected chi connectivity index (χ0v) is 11.4. The SMILES string of the molecule is O=C(CCC1CCCCN1)Nc1ccccc1C(=O)O. The van der Waals surface area contributed by atoms with E-state index in [0.717, 1.165) is 19.4 Å². The van der Waals surface area contributed by atoms with Gasteiger partial charge in [0.25, 0.3) is 0 Å². The third-order valence-electron chi connectivity index (χ3n) is 3.56. The first-order chi connectivity index (χ1) is 9.66. The van der Waals surface area contributed by atoms with Crippen molar-refractivity contribution in [3.8, 4) is 0 Å². The van der Waals surface area contributed by atoms with Crippen molar-refractivity contribution in [2.24, 2.45) is 0 Å². The minimum atomic E-state index is -1.03. The summed E-state index contributed by atoms with van der Waals surface area (Å²) in [6, 6.07) is 6.86. The van der Waals surface area contributed by atoms with Crippen molar-refractivity contribution >= 4 is 17.6 Å². The van der Waals surface area contributed by atoms with Crippen LogP contribution >= 0.6 is 0 Å². The van der Waals surface area contributed by atoms with Crippen LogP contribution in [0.1, 0.15) is 42.5 Å². The molecule has 1 aliphatic rings. The summed E-state index contributed by atoms with van der Waals surface area (Å²) in [4.78, 5) is 22.9. The fourth-order valence-electron chi connectivity index (χ4n) is 2.47. The number of para-hydroxylation sites is 1. The monoisotopic (exact) mass is 276 g/mol. The average molecular weight is 276 g/mol. The summed E-state index contributed by atoms with van der Waals surface area (Å²) in [7, 11) is 0. The van der Waals surface area contributed by atoms with Gasteiger partial charge in [0.15, 0.2) is 0 Å². The first-order valence-electron chi connectivity index (χ1n) is 7.02. The highest BCUT2D eigenvalue weighted by molar-refractivity contribution is 6.00. The van der Waals surface area contributed by atoms with Gasteiger partial charge in [0.2, 0.25) is 5.91 Å². The van der Waals surface area contributed by atoms with E-state index in [2.05, 4.69) is 10.6 Å². The summed E-state index contributed by atoms with van der Waals surface area (Å²) in [6.45, 7) is 1.02. The molecular weight excluding hydrogens is 256 g/mol. The molecule has 0 spiro atoms. The van der Waals surface area contributed by atoms with E-state index in [9.17, 15) is 9.59 Å². The highest BCUT2D eigenvalue weighted by Gasteiger charge is 2.15. The molecule has 0 aliphatic carbocycles. The lowest BCUT2D eigenvalue weighted by Gasteiger charge is -2.23. The molecule has 0 radical (unpaired) electrons. The Morgan fingerprint density at radius 1 is 1.30 bits per heavy atom. The van der Waals surface area contributed by atoms with Crippen molar-refractivity contribution in [1.29, 1.82) is 0 Å². The van der Waals surface area contributed by atoms with Gasteiger partial charge >= 0.3 is 5.97 Å². The molecule has 1 saturated heterocycles. The maximum absolute atomic E-state index is 11.9. The van der Waals surface area contributed by atoms with Crippen LogP contribution < -0.4 is 10.6 Å². The number of carboxylic acids is 1. The highest BCUT2D eigenvalue weighted by atomic mass is 16.4. The van der Waals surface area contributed by atoms with E-state index in [0.29, 0.717) is 18.2 Å². The van der Waals surface area contributed by atoms with Crippen LogP contribution in [-0.4, -0.2) is 29.6 Å². The van der Waals surface area contributed by atoms with Gasteiger partial charge in [0, 0.05) is 12.5 Å². The Balaban J connectivity index is 1.86. The number of anilines is 1. The first-order valence-corrected chi connectivity index (χ1v) is 7.02. The van der Waals surface area contributed by atoms with Gasteiger partial charge in [-0.25, -0.2) is 4.79 Å². The van der Waals surface area contributed by atoms with Crippen LogP contribution in [0.4, 0.5) is 5.69 Å². The molecule has 2 rings (SSSR count). The number of carbonyl (C=O) groups is 2. The number of aromatic carboxylic acids is 1. The van der Waals surface area contributed by atoms with Crippen LogP contribution in [0.3, 0.4) is 0 Å². The van der Waals surface area contributed by atoms with E-state index < -0.39 is 5.97 Å². The number of benzene rings is 1. The van der Waals surface area contributed by atoms with Crippen LogP contribution in [0.25, 0.3) is 0 Å². The molecule has 1 atom stereocenters. The summed E-state index contributed by atoms with van der Waals surface area (Å²) >= 11 is 0. The van der Waals surface area contributed by atoms with Crippen LogP contribution in [0.15, 0.2) is 24.3 Å². The molecule has 108 valence electrons. The van der Waals surface area contributed by atoms with Crippen LogP contribution in [0, 0.1) is 0 Å². The van der Waals surface area contributed by atoms with Crippen LogP contribution in [0.5, 0.6) is 0 Å². The largest absolute Gasteiger partial charge is 0.478 e. The second-order valence-corrected chi connectivity index (χ2v) is 5.08. The second-order valence-electron chi connectivity index (χ2n) is 5.08. The van der Waals surface area contributed by atoms with E-state index in [1.165, 1.54) is 18.9 Å². The number of nitrogens with one attached hydrogen (secondary N) is 2. The van der Waals surface area contributed by atoms with Crippen LogP contribution in [0.2, 0.25) is 0 Å². The summed E-state index contributed by atoms with van der Waals surface area (Å²) in [6.07, 6.45) is 4.72. The number of hydrogen-bond acceptors (Lipinski definition) is 3. The molecule has 1 unspecified atom stereocenters. The molecule has 1 aromatic rings. The number of carbonyl (C=O) groups excluding carboxylic acids is 1. The van der Waals surface area contributed by atoms with E-state index in [4.69, 9.17) is 5.11 Å². The number of hydrogen-bond donors (Lipinski definition) is 3. The molecule has 3 N–H and O–H groups in total. The Morgan fingerprint density at radius 2 is 2.10 bits per heavy atom. The van der Waals surface area contributed by atoms with Gasteiger partial charge in [0.1, 0.15) is 0 Å².